The van der Waals surface area contributed by atoms with Crippen molar-refractivity contribution in [3.63, 3.8) is 0 Å². The molecule has 1 rings (SSSR count). The summed E-state index contributed by atoms with van der Waals surface area (Å²) in [4.78, 5) is 22.7. The molecule has 0 N–H and O–H groups in total. The molecule has 0 aliphatic heterocycles. The van der Waals surface area contributed by atoms with Crippen LogP contribution in [0.1, 0.15) is 29.3 Å². The number of halogens is 1. The Bertz CT molecular complexity index is 413. The summed E-state index contributed by atoms with van der Waals surface area (Å²) in [5.74, 6) is -1.50. The Morgan fingerprint density at radius 2 is 2.06 bits per heavy atom. The van der Waals surface area contributed by atoms with Gasteiger partial charge in [-0.3, -0.25) is 9.59 Å². The lowest BCUT2D eigenvalue weighted by atomic mass is 10.0. The van der Waals surface area contributed by atoms with Crippen molar-refractivity contribution in [2.45, 2.75) is 20.3 Å². The molecule has 1 aromatic rings. The van der Waals surface area contributed by atoms with Gasteiger partial charge in [-0.15, -0.1) is 0 Å². The lowest BCUT2D eigenvalue weighted by Crippen LogP contribution is -2.12. The Labute approximate surface area is 93.2 Å². The minimum Gasteiger partial charge on any atom is -0.466 e. The van der Waals surface area contributed by atoms with Crippen molar-refractivity contribution in [1.82, 2.24) is 0 Å². The number of carbonyl (C=O) groups is 2. The van der Waals surface area contributed by atoms with Crippen LogP contribution in [0.5, 0.6) is 0 Å². The number of benzene rings is 1. The maximum Gasteiger partial charge on any atom is 0.313 e. The van der Waals surface area contributed by atoms with Gasteiger partial charge in [0.15, 0.2) is 5.78 Å². The average molecular weight is 224 g/mol. The van der Waals surface area contributed by atoms with Crippen molar-refractivity contribution in [3.8, 4) is 0 Å². The highest BCUT2D eigenvalue weighted by Crippen LogP contribution is 2.12. The highest BCUT2D eigenvalue weighted by Gasteiger charge is 2.15. The van der Waals surface area contributed by atoms with Crippen LogP contribution in [-0.4, -0.2) is 18.4 Å². The monoisotopic (exact) mass is 224 g/mol. The van der Waals surface area contributed by atoms with Gasteiger partial charge in [0.05, 0.1) is 6.61 Å². The molecule has 0 bridgehead atoms. The fourth-order valence-electron chi connectivity index (χ4n) is 1.33. The molecule has 0 spiro atoms. The van der Waals surface area contributed by atoms with Crippen molar-refractivity contribution in [3.05, 3.63) is 35.1 Å². The number of esters is 1. The van der Waals surface area contributed by atoms with Gasteiger partial charge in [0.1, 0.15) is 12.2 Å². The third-order valence-electron chi connectivity index (χ3n) is 2.11. The van der Waals surface area contributed by atoms with Crippen LogP contribution in [0.3, 0.4) is 0 Å². The van der Waals surface area contributed by atoms with Gasteiger partial charge < -0.3 is 4.74 Å². The van der Waals surface area contributed by atoms with Gasteiger partial charge in [-0.2, -0.15) is 0 Å². The first-order valence-corrected chi connectivity index (χ1v) is 4.99. The first-order valence-electron chi connectivity index (χ1n) is 4.99. The molecule has 3 nitrogen and oxygen atoms in total. The number of hydrogen-bond acceptors (Lipinski definition) is 3. The Morgan fingerprint density at radius 1 is 1.38 bits per heavy atom. The van der Waals surface area contributed by atoms with Crippen LogP contribution in [0, 0.1) is 12.7 Å². The van der Waals surface area contributed by atoms with E-state index in [9.17, 15) is 14.0 Å². The molecule has 0 atom stereocenters. The minimum absolute atomic E-state index is 0.230. The van der Waals surface area contributed by atoms with E-state index >= 15 is 0 Å². The summed E-state index contributed by atoms with van der Waals surface area (Å²) in [5.41, 5.74) is 0.878. The minimum atomic E-state index is -0.587. The van der Waals surface area contributed by atoms with Gasteiger partial charge in [-0.1, -0.05) is 6.07 Å². The van der Waals surface area contributed by atoms with Crippen molar-refractivity contribution in [1.29, 1.82) is 0 Å². The van der Waals surface area contributed by atoms with E-state index in [0.29, 0.717) is 5.56 Å². The zero-order chi connectivity index (χ0) is 12.1. The van der Waals surface area contributed by atoms with Gasteiger partial charge in [0.2, 0.25) is 0 Å². The molecule has 4 heteroatoms. The van der Waals surface area contributed by atoms with Crippen LogP contribution < -0.4 is 0 Å². The molecule has 0 aromatic heterocycles. The van der Waals surface area contributed by atoms with Crippen molar-refractivity contribution < 1.29 is 18.7 Å². The molecular formula is C12H13FO3. The Balaban J connectivity index is 2.80. The van der Waals surface area contributed by atoms with Gasteiger partial charge in [-0.05, 0) is 31.5 Å². The summed E-state index contributed by atoms with van der Waals surface area (Å²) >= 11 is 0. The Hall–Kier alpha value is -1.71. The van der Waals surface area contributed by atoms with Crippen LogP contribution in [0.2, 0.25) is 0 Å². The van der Waals surface area contributed by atoms with E-state index in [4.69, 9.17) is 0 Å². The van der Waals surface area contributed by atoms with Gasteiger partial charge >= 0.3 is 5.97 Å². The number of carbonyl (C=O) groups excluding carboxylic acids is 2. The molecule has 0 fully saturated rings. The lowest BCUT2D eigenvalue weighted by molar-refractivity contribution is -0.141. The second kappa shape index (κ2) is 5.39. The molecule has 0 saturated carbocycles. The Kier molecular flexibility index (Phi) is 4.17. The quantitative estimate of drug-likeness (QED) is 0.447. The normalized spacial score (nSPS) is 9.94. The summed E-state index contributed by atoms with van der Waals surface area (Å²) < 4.78 is 17.6. The molecule has 16 heavy (non-hydrogen) atoms. The first-order chi connectivity index (χ1) is 7.54. The summed E-state index contributed by atoms with van der Waals surface area (Å²) in [6.07, 6.45) is -0.349. The second-order valence-electron chi connectivity index (χ2n) is 3.36. The SMILES string of the molecule is CCOC(=O)CC(=O)c1cc(F)ccc1C. The van der Waals surface area contributed by atoms with Gasteiger partial charge in [0.25, 0.3) is 0 Å². The maximum atomic E-state index is 12.9. The molecular weight excluding hydrogens is 211 g/mol. The van der Waals surface area contributed by atoms with Gasteiger partial charge in [0, 0.05) is 5.56 Å². The number of ether oxygens (including phenoxy) is 1. The van der Waals surface area contributed by atoms with E-state index < -0.39 is 17.6 Å². The molecule has 0 aliphatic carbocycles. The summed E-state index contributed by atoms with van der Waals surface area (Å²) in [5, 5.41) is 0. The molecule has 86 valence electrons. The second-order valence-corrected chi connectivity index (χ2v) is 3.36. The topological polar surface area (TPSA) is 43.4 Å². The first kappa shape index (κ1) is 12.4. The maximum absolute atomic E-state index is 12.9. The molecule has 0 amide bonds. The molecule has 0 heterocycles. The number of hydrogen-bond donors (Lipinski definition) is 0. The zero-order valence-corrected chi connectivity index (χ0v) is 9.25. The molecule has 0 aliphatic rings. The predicted molar refractivity (Wildman–Crippen MR) is 56.7 cm³/mol. The van der Waals surface area contributed by atoms with Crippen LogP contribution >= 0.6 is 0 Å². The largest absolute Gasteiger partial charge is 0.466 e. The van der Waals surface area contributed by atoms with Crippen molar-refractivity contribution in [2.24, 2.45) is 0 Å². The fourth-order valence-corrected chi connectivity index (χ4v) is 1.33. The van der Waals surface area contributed by atoms with Crippen molar-refractivity contribution >= 4 is 11.8 Å². The van der Waals surface area contributed by atoms with E-state index in [0.717, 1.165) is 6.07 Å². The van der Waals surface area contributed by atoms with E-state index in [-0.39, 0.29) is 18.6 Å². The standard InChI is InChI=1S/C12H13FO3/c1-3-16-12(15)7-11(14)10-6-9(13)5-4-8(10)2/h4-6H,3,7H2,1-2H3. The van der Waals surface area contributed by atoms with Crippen LogP contribution in [0.15, 0.2) is 18.2 Å². The highest BCUT2D eigenvalue weighted by atomic mass is 19.1. The third-order valence-corrected chi connectivity index (χ3v) is 2.11. The van der Waals surface area contributed by atoms with E-state index in [1.54, 1.807) is 13.8 Å². The molecule has 0 unspecified atom stereocenters. The van der Waals surface area contributed by atoms with Crippen LogP contribution in [0.25, 0.3) is 0 Å². The number of Topliss-reactive ketones (excluding diaryl/α,β-unsaturated/α-hetero) is 1. The lowest BCUT2D eigenvalue weighted by Gasteiger charge is -2.04. The highest BCUT2D eigenvalue weighted by molar-refractivity contribution is 6.06. The Morgan fingerprint density at radius 3 is 2.69 bits per heavy atom. The molecule has 1 aromatic carbocycles. The summed E-state index contributed by atoms with van der Waals surface area (Å²) in [6, 6.07) is 3.92. The smallest absolute Gasteiger partial charge is 0.313 e. The van der Waals surface area contributed by atoms with Crippen LogP contribution in [-0.2, 0) is 9.53 Å². The summed E-state index contributed by atoms with van der Waals surface area (Å²) in [7, 11) is 0. The fraction of sp³-hybridized carbons (Fsp3) is 0.333. The zero-order valence-electron chi connectivity index (χ0n) is 9.25. The number of rotatable bonds is 4. The third kappa shape index (κ3) is 3.15. The van der Waals surface area contributed by atoms with Crippen LogP contribution in [0.4, 0.5) is 4.39 Å². The number of aryl methyl sites for hydroxylation is 1. The molecule has 0 saturated heterocycles. The average Bonchev–Trinajstić information content (AvgIpc) is 2.21. The van der Waals surface area contributed by atoms with E-state index in [2.05, 4.69) is 4.74 Å². The number of ketones is 1. The predicted octanol–water partition coefficient (Wildman–Crippen LogP) is 2.27. The summed E-state index contributed by atoms with van der Waals surface area (Å²) in [6.45, 7) is 3.59. The van der Waals surface area contributed by atoms with E-state index in [1.807, 2.05) is 0 Å². The van der Waals surface area contributed by atoms with Crippen molar-refractivity contribution in [2.75, 3.05) is 6.61 Å². The van der Waals surface area contributed by atoms with Gasteiger partial charge in [-0.25, -0.2) is 4.39 Å². The molecule has 0 radical (unpaired) electrons. The van der Waals surface area contributed by atoms with E-state index in [1.165, 1.54) is 12.1 Å².